The molecule has 0 aliphatic heterocycles. The number of alkyl halides is 3. The zero-order valence-corrected chi connectivity index (χ0v) is 14.1. The molecule has 0 saturated carbocycles. The van der Waals surface area contributed by atoms with Crippen LogP contribution in [-0.2, 0) is 12.8 Å². The van der Waals surface area contributed by atoms with E-state index >= 15 is 0 Å². The lowest BCUT2D eigenvalue weighted by molar-refractivity contribution is -0.141. The highest BCUT2D eigenvalue weighted by atomic mass is 35.5. The van der Waals surface area contributed by atoms with E-state index in [0.29, 0.717) is 11.6 Å². The van der Waals surface area contributed by atoms with Crippen molar-refractivity contribution in [3.8, 4) is 0 Å². The number of aromatic nitrogens is 1. The Balaban J connectivity index is 2.18. The van der Waals surface area contributed by atoms with Gasteiger partial charge < -0.3 is 10.8 Å². The summed E-state index contributed by atoms with van der Waals surface area (Å²) in [6.07, 6.45) is -4.70. The number of nitrogens with two attached hydrogens (primary N) is 1. The highest BCUT2D eigenvalue weighted by Crippen LogP contribution is 2.35. The zero-order chi connectivity index (χ0) is 18.6. The quantitative estimate of drug-likeness (QED) is 0.413. The summed E-state index contributed by atoms with van der Waals surface area (Å²) < 4.78 is 40.8. The Labute approximate surface area is 150 Å². The molecule has 1 aromatic carbocycles. The van der Waals surface area contributed by atoms with Crippen molar-refractivity contribution in [2.45, 2.75) is 18.2 Å². The van der Waals surface area contributed by atoms with E-state index in [1.165, 1.54) is 0 Å². The van der Waals surface area contributed by atoms with Crippen molar-refractivity contribution in [2.24, 2.45) is 5.73 Å². The van der Waals surface area contributed by atoms with Crippen LogP contribution in [0.5, 0.6) is 0 Å². The van der Waals surface area contributed by atoms with Crippen LogP contribution < -0.4 is 10.5 Å². The Morgan fingerprint density at radius 1 is 1.36 bits per heavy atom. The number of benzene rings is 1. The SMILES string of the molecule is NC(SNC(=O)c1ccccc1)c1c(CO)cc(C(F)(F)F)nc1Cl. The number of nitrogens with one attached hydrogen (secondary N) is 1. The lowest BCUT2D eigenvalue weighted by Crippen LogP contribution is -2.22. The van der Waals surface area contributed by atoms with Crippen LogP contribution in [0.1, 0.15) is 32.6 Å². The molecular weight excluding hydrogens is 379 g/mol. The molecule has 25 heavy (non-hydrogen) atoms. The maximum atomic E-state index is 12.8. The average molecular weight is 392 g/mol. The first-order valence-corrected chi connectivity index (χ1v) is 8.13. The van der Waals surface area contributed by atoms with Gasteiger partial charge in [0.05, 0.1) is 12.0 Å². The molecule has 1 aromatic heterocycles. The average Bonchev–Trinajstić information content (AvgIpc) is 2.58. The monoisotopic (exact) mass is 391 g/mol. The maximum Gasteiger partial charge on any atom is 0.433 e. The van der Waals surface area contributed by atoms with Gasteiger partial charge in [-0.1, -0.05) is 29.8 Å². The number of rotatable bonds is 5. The molecule has 1 atom stereocenters. The first kappa shape index (κ1) is 19.5. The summed E-state index contributed by atoms with van der Waals surface area (Å²) in [6, 6.07) is 8.97. The molecule has 2 aromatic rings. The molecule has 4 N–H and O–H groups in total. The molecule has 0 aliphatic rings. The molecule has 0 aliphatic carbocycles. The molecule has 134 valence electrons. The van der Waals surface area contributed by atoms with Crippen LogP contribution in [-0.4, -0.2) is 16.0 Å². The lowest BCUT2D eigenvalue weighted by atomic mass is 10.1. The van der Waals surface area contributed by atoms with E-state index in [1.807, 2.05) is 0 Å². The molecule has 1 unspecified atom stereocenters. The highest BCUT2D eigenvalue weighted by molar-refractivity contribution is 7.98. The van der Waals surface area contributed by atoms with Crippen LogP contribution in [0.2, 0.25) is 5.15 Å². The van der Waals surface area contributed by atoms with E-state index < -0.39 is 34.9 Å². The Morgan fingerprint density at radius 3 is 2.56 bits per heavy atom. The van der Waals surface area contributed by atoms with Crippen molar-refractivity contribution in [1.82, 2.24) is 9.71 Å². The van der Waals surface area contributed by atoms with Gasteiger partial charge in [-0.15, -0.1) is 0 Å². The number of aliphatic hydroxyl groups excluding tert-OH is 1. The van der Waals surface area contributed by atoms with Crippen LogP contribution in [0, 0.1) is 0 Å². The summed E-state index contributed by atoms with van der Waals surface area (Å²) in [7, 11) is 0. The minimum atomic E-state index is -4.70. The van der Waals surface area contributed by atoms with E-state index in [4.69, 9.17) is 17.3 Å². The van der Waals surface area contributed by atoms with Gasteiger partial charge in [-0.3, -0.25) is 9.52 Å². The Kier molecular flexibility index (Phi) is 6.28. The predicted octanol–water partition coefficient (Wildman–Crippen LogP) is 3.28. The smallest absolute Gasteiger partial charge is 0.392 e. The summed E-state index contributed by atoms with van der Waals surface area (Å²) in [5.74, 6) is -0.428. The number of aliphatic hydroxyl groups is 1. The van der Waals surface area contributed by atoms with Crippen molar-refractivity contribution >= 4 is 29.5 Å². The van der Waals surface area contributed by atoms with Gasteiger partial charge in [0, 0.05) is 11.1 Å². The molecule has 0 fully saturated rings. The van der Waals surface area contributed by atoms with E-state index in [9.17, 15) is 23.1 Å². The van der Waals surface area contributed by atoms with Gasteiger partial charge >= 0.3 is 6.18 Å². The van der Waals surface area contributed by atoms with Gasteiger partial charge in [-0.2, -0.15) is 13.2 Å². The van der Waals surface area contributed by atoms with Crippen molar-refractivity contribution in [3.63, 3.8) is 0 Å². The normalized spacial score (nSPS) is 12.7. The third kappa shape index (κ3) is 4.85. The molecule has 0 saturated heterocycles. The molecule has 0 spiro atoms. The summed E-state index contributed by atoms with van der Waals surface area (Å²) in [5.41, 5.74) is 4.97. The second kappa shape index (κ2) is 8.05. The highest BCUT2D eigenvalue weighted by Gasteiger charge is 2.34. The van der Waals surface area contributed by atoms with Gasteiger partial charge in [0.2, 0.25) is 0 Å². The van der Waals surface area contributed by atoms with Gasteiger partial charge in [0.15, 0.2) is 0 Å². The van der Waals surface area contributed by atoms with Gasteiger partial charge in [-0.05, 0) is 35.7 Å². The molecule has 2 rings (SSSR count). The number of pyridine rings is 1. The fourth-order valence-corrected chi connectivity index (χ4v) is 3.10. The van der Waals surface area contributed by atoms with E-state index in [-0.39, 0.29) is 11.1 Å². The van der Waals surface area contributed by atoms with Crippen LogP contribution in [0.15, 0.2) is 36.4 Å². The fraction of sp³-hybridized carbons (Fsp3) is 0.200. The van der Waals surface area contributed by atoms with Crippen molar-refractivity contribution in [1.29, 1.82) is 0 Å². The second-order valence-electron chi connectivity index (χ2n) is 4.86. The Hall–Kier alpha value is -1.81. The number of halogens is 4. The molecule has 1 heterocycles. The minimum absolute atomic E-state index is 0.0236. The van der Waals surface area contributed by atoms with Crippen molar-refractivity contribution in [3.05, 3.63) is 63.9 Å². The number of carbonyl (C=O) groups is 1. The third-order valence-corrected chi connectivity index (χ3v) is 4.24. The van der Waals surface area contributed by atoms with E-state index in [0.717, 1.165) is 11.9 Å². The fourth-order valence-electron chi connectivity index (χ4n) is 1.97. The molecule has 0 radical (unpaired) electrons. The molecule has 10 heteroatoms. The van der Waals surface area contributed by atoms with Gasteiger partial charge in [0.25, 0.3) is 5.91 Å². The first-order chi connectivity index (χ1) is 11.7. The van der Waals surface area contributed by atoms with Gasteiger partial charge in [-0.25, -0.2) is 4.98 Å². The number of hydrogen-bond acceptors (Lipinski definition) is 5. The van der Waals surface area contributed by atoms with E-state index in [2.05, 4.69) is 9.71 Å². The summed E-state index contributed by atoms with van der Waals surface area (Å²) in [6.45, 7) is -0.707. The van der Waals surface area contributed by atoms with Crippen LogP contribution in [0.4, 0.5) is 13.2 Å². The third-order valence-electron chi connectivity index (χ3n) is 3.16. The molecule has 1 amide bonds. The minimum Gasteiger partial charge on any atom is -0.392 e. The number of hydrogen-bond donors (Lipinski definition) is 3. The number of carbonyl (C=O) groups excluding carboxylic acids is 1. The molecule has 0 bridgehead atoms. The summed E-state index contributed by atoms with van der Waals surface area (Å²) in [5, 5.41) is 7.84. The topological polar surface area (TPSA) is 88.2 Å². The van der Waals surface area contributed by atoms with Gasteiger partial charge in [0.1, 0.15) is 10.8 Å². The van der Waals surface area contributed by atoms with Crippen LogP contribution in [0.25, 0.3) is 0 Å². The molecular formula is C15H13ClF3N3O2S. The van der Waals surface area contributed by atoms with Crippen LogP contribution >= 0.6 is 23.5 Å². The second-order valence-corrected chi connectivity index (χ2v) is 6.17. The van der Waals surface area contributed by atoms with E-state index in [1.54, 1.807) is 30.3 Å². The first-order valence-electron chi connectivity index (χ1n) is 6.88. The summed E-state index contributed by atoms with van der Waals surface area (Å²) in [4.78, 5) is 15.3. The summed E-state index contributed by atoms with van der Waals surface area (Å²) >= 11 is 6.57. The number of nitrogens with zero attached hydrogens (tertiary/aromatic N) is 1. The largest absolute Gasteiger partial charge is 0.433 e. The van der Waals surface area contributed by atoms with Crippen molar-refractivity contribution < 1.29 is 23.1 Å². The standard InChI is InChI=1S/C15H13ClF3N3O2S/c16-12-11(9(7-23)6-10(21-12)15(17,18)19)13(20)25-22-14(24)8-4-2-1-3-5-8/h1-6,13,23H,7,20H2,(H,22,24). The maximum absolute atomic E-state index is 12.8. The zero-order valence-electron chi connectivity index (χ0n) is 12.5. The van der Waals surface area contributed by atoms with Crippen LogP contribution in [0.3, 0.4) is 0 Å². The Bertz CT molecular complexity index is 760. The molecule has 5 nitrogen and oxygen atoms in total. The number of amides is 1. The Morgan fingerprint density at radius 2 is 2.00 bits per heavy atom. The van der Waals surface area contributed by atoms with Crippen molar-refractivity contribution in [2.75, 3.05) is 0 Å². The lowest BCUT2D eigenvalue weighted by Gasteiger charge is -2.18. The predicted molar refractivity (Wildman–Crippen MR) is 88.6 cm³/mol.